The molecule has 1 aromatic heterocycles. The second kappa shape index (κ2) is 17.5. The molecule has 0 aliphatic carbocycles. The molecule has 0 aliphatic heterocycles. The normalized spacial score (nSPS) is 11.0. The maximum atomic E-state index is 13.9. The summed E-state index contributed by atoms with van der Waals surface area (Å²) in [5.41, 5.74) is 1.81. The Balaban J connectivity index is 1.97. The van der Waals surface area contributed by atoms with Gasteiger partial charge in [0.25, 0.3) is 0 Å². The Hall–Kier alpha value is -3.55. The molecule has 0 saturated heterocycles. The van der Waals surface area contributed by atoms with Gasteiger partial charge in [-0.25, -0.2) is 0 Å². The molecule has 0 aliphatic rings. The summed E-state index contributed by atoms with van der Waals surface area (Å²) < 4.78 is 36.1. The average molecular weight is 598 g/mol. The Bertz CT molecular complexity index is 1340. The molecular formula is C35H51NO7. The van der Waals surface area contributed by atoms with E-state index in [1.165, 1.54) is 71.3 Å². The molecule has 0 N–H and O–H groups in total. The van der Waals surface area contributed by atoms with Crippen LogP contribution in [0.2, 0.25) is 0 Å². The molecule has 0 radical (unpaired) electrons. The van der Waals surface area contributed by atoms with E-state index in [0.29, 0.717) is 57.5 Å². The van der Waals surface area contributed by atoms with Crippen molar-refractivity contribution in [1.29, 1.82) is 0 Å². The number of ether oxygens (including phenoxy) is 6. The molecule has 8 heteroatoms. The largest absolute Gasteiger partial charge is 0.497 e. The van der Waals surface area contributed by atoms with Crippen molar-refractivity contribution in [3.63, 3.8) is 0 Å². The molecule has 0 unspecified atom stereocenters. The van der Waals surface area contributed by atoms with E-state index >= 15 is 0 Å². The quantitative estimate of drug-likeness (QED) is 0.121. The van der Waals surface area contributed by atoms with Crippen LogP contribution in [0, 0.1) is 0 Å². The summed E-state index contributed by atoms with van der Waals surface area (Å²) in [5.74, 6) is 2.74. The minimum Gasteiger partial charge on any atom is -0.497 e. The van der Waals surface area contributed by atoms with Crippen molar-refractivity contribution in [2.75, 3.05) is 42.7 Å². The zero-order valence-electron chi connectivity index (χ0n) is 27.3. The molecule has 0 bridgehead atoms. The summed E-state index contributed by atoms with van der Waals surface area (Å²) in [6.07, 6.45) is 15.1. The van der Waals surface area contributed by atoms with E-state index in [0.717, 1.165) is 12.8 Å². The van der Waals surface area contributed by atoms with Crippen molar-refractivity contribution in [1.82, 2.24) is 4.57 Å². The Morgan fingerprint density at radius 2 is 1.07 bits per heavy atom. The van der Waals surface area contributed by atoms with Crippen molar-refractivity contribution in [2.24, 2.45) is 0 Å². The highest BCUT2D eigenvalue weighted by Crippen LogP contribution is 2.44. The van der Waals surface area contributed by atoms with E-state index in [9.17, 15) is 4.79 Å². The van der Waals surface area contributed by atoms with Crippen molar-refractivity contribution in [3.8, 4) is 45.8 Å². The van der Waals surface area contributed by atoms with Crippen LogP contribution in [0.3, 0.4) is 0 Å². The monoisotopic (exact) mass is 597 g/mol. The molecule has 1 heterocycles. The van der Waals surface area contributed by atoms with Gasteiger partial charge >= 0.3 is 0 Å². The van der Waals surface area contributed by atoms with E-state index < -0.39 is 0 Å². The number of hydrogen-bond acceptors (Lipinski definition) is 7. The average Bonchev–Trinajstić information content (AvgIpc) is 3.04. The second-order valence-electron chi connectivity index (χ2n) is 10.9. The van der Waals surface area contributed by atoms with Crippen LogP contribution in [0.4, 0.5) is 0 Å². The zero-order valence-corrected chi connectivity index (χ0v) is 27.3. The molecule has 43 heavy (non-hydrogen) atoms. The molecule has 0 fully saturated rings. The number of pyridine rings is 1. The summed E-state index contributed by atoms with van der Waals surface area (Å²) in [5, 5.41) is 0.454. The van der Waals surface area contributed by atoms with Gasteiger partial charge in [-0.3, -0.25) is 4.79 Å². The minimum absolute atomic E-state index is 0.226. The van der Waals surface area contributed by atoms with Crippen molar-refractivity contribution in [3.05, 3.63) is 34.5 Å². The van der Waals surface area contributed by atoms with Crippen LogP contribution in [0.25, 0.3) is 22.2 Å². The third-order valence-corrected chi connectivity index (χ3v) is 8.10. The third kappa shape index (κ3) is 8.30. The van der Waals surface area contributed by atoms with Crippen LogP contribution in [0.1, 0.15) is 84.0 Å². The number of unbranched alkanes of at least 4 members (excludes halogenated alkanes) is 11. The lowest BCUT2D eigenvalue weighted by Gasteiger charge is -2.23. The maximum Gasteiger partial charge on any atom is 0.235 e. The number of methoxy groups -OCH3 is 6. The van der Waals surface area contributed by atoms with Gasteiger partial charge in [0.05, 0.1) is 59.3 Å². The van der Waals surface area contributed by atoms with Crippen LogP contribution in [0.15, 0.2) is 29.1 Å². The molecule has 0 spiro atoms. The SMILES string of the molecule is CCCCCCCCCCCCCCn1c(-c2cc(OC)c(OC)c(OC)c2)c(OC)c(=O)c2c(OC)cc(OC)cc21. The first kappa shape index (κ1) is 33.9. The molecule has 0 atom stereocenters. The molecule has 0 saturated carbocycles. The van der Waals surface area contributed by atoms with Gasteiger partial charge in [0.15, 0.2) is 17.2 Å². The topological polar surface area (TPSA) is 77.4 Å². The summed E-state index contributed by atoms with van der Waals surface area (Å²) in [6.45, 7) is 2.94. The van der Waals surface area contributed by atoms with E-state index in [1.54, 1.807) is 41.6 Å². The lowest BCUT2D eigenvalue weighted by molar-refractivity contribution is 0.324. The van der Waals surface area contributed by atoms with Crippen molar-refractivity contribution in [2.45, 2.75) is 90.5 Å². The Morgan fingerprint density at radius 3 is 1.53 bits per heavy atom. The number of hydrogen-bond donors (Lipinski definition) is 0. The fourth-order valence-corrected chi connectivity index (χ4v) is 5.80. The molecule has 8 nitrogen and oxygen atoms in total. The standard InChI is InChI=1S/C35H51NO7/c1-8-9-10-11-12-13-14-15-16-17-18-19-20-36-27-23-26(38-2)24-28(39-3)31(27)33(37)35(43-7)32(36)25-21-29(40-4)34(42-6)30(22-25)41-5/h21-24H,8-20H2,1-7H3. The molecular weight excluding hydrogens is 546 g/mol. The minimum atomic E-state index is -0.258. The first-order chi connectivity index (χ1) is 21.0. The number of nitrogens with zero attached hydrogens (tertiary/aromatic N) is 1. The van der Waals surface area contributed by atoms with E-state index in [4.69, 9.17) is 28.4 Å². The van der Waals surface area contributed by atoms with Crippen LogP contribution < -0.4 is 33.8 Å². The van der Waals surface area contributed by atoms with Crippen LogP contribution >= 0.6 is 0 Å². The highest BCUT2D eigenvalue weighted by Gasteiger charge is 2.25. The number of aromatic nitrogens is 1. The molecule has 3 rings (SSSR count). The van der Waals surface area contributed by atoms with Gasteiger partial charge in [-0.15, -0.1) is 0 Å². The Kier molecular flexibility index (Phi) is 13.8. The molecule has 2 aromatic carbocycles. The Labute approximate surface area is 257 Å². The number of rotatable bonds is 20. The zero-order chi connectivity index (χ0) is 31.2. The first-order valence-corrected chi connectivity index (χ1v) is 15.7. The predicted molar refractivity (Wildman–Crippen MR) is 174 cm³/mol. The summed E-state index contributed by atoms with van der Waals surface area (Å²) in [4.78, 5) is 13.9. The van der Waals surface area contributed by atoms with Crippen molar-refractivity contribution >= 4 is 10.9 Å². The highest BCUT2D eigenvalue weighted by atomic mass is 16.5. The fourth-order valence-electron chi connectivity index (χ4n) is 5.80. The summed E-state index contributed by atoms with van der Waals surface area (Å²) in [7, 11) is 9.41. The third-order valence-electron chi connectivity index (χ3n) is 8.10. The smallest absolute Gasteiger partial charge is 0.235 e. The van der Waals surface area contributed by atoms with Gasteiger partial charge < -0.3 is 33.0 Å². The van der Waals surface area contributed by atoms with Crippen LogP contribution in [-0.2, 0) is 6.54 Å². The fraction of sp³-hybridized carbons (Fsp3) is 0.571. The predicted octanol–water partition coefficient (Wildman–Crippen LogP) is 8.42. The van der Waals surface area contributed by atoms with Gasteiger partial charge in [-0.2, -0.15) is 0 Å². The molecule has 0 amide bonds. The first-order valence-electron chi connectivity index (χ1n) is 15.7. The van der Waals surface area contributed by atoms with Crippen molar-refractivity contribution < 1.29 is 28.4 Å². The summed E-state index contributed by atoms with van der Waals surface area (Å²) >= 11 is 0. The van der Waals surface area contributed by atoms with Crippen LogP contribution in [0.5, 0.6) is 34.5 Å². The highest BCUT2D eigenvalue weighted by molar-refractivity contribution is 5.92. The van der Waals surface area contributed by atoms with Crippen LogP contribution in [-0.4, -0.2) is 47.2 Å². The second-order valence-corrected chi connectivity index (χ2v) is 10.9. The van der Waals surface area contributed by atoms with E-state index in [-0.39, 0.29) is 11.2 Å². The molecule has 238 valence electrons. The lowest BCUT2D eigenvalue weighted by Crippen LogP contribution is -2.17. The van der Waals surface area contributed by atoms with Gasteiger partial charge in [0.2, 0.25) is 11.2 Å². The van der Waals surface area contributed by atoms with Gasteiger partial charge in [-0.05, 0) is 18.6 Å². The van der Waals surface area contributed by atoms with Gasteiger partial charge in [0, 0.05) is 24.2 Å². The summed E-state index contributed by atoms with van der Waals surface area (Å²) in [6, 6.07) is 7.32. The number of benzene rings is 2. The lowest BCUT2D eigenvalue weighted by atomic mass is 10.0. The van der Waals surface area contributed by atoms with Gasteiger partial charge in [-0.1, -0.05) is 77.6 Å². The number of aryl methyl sites for hydroxylation is 1. The number of fused-ring (bicyclic) bond motifs is 1. The van der Waals surface area contributed by atoms with E-state index in [1.807, 2.05) is 18.2 Å². The van der Waals surface area contributed by atoms with E-state index in [2.05, 4.69) is 11.5 Å². The maximum absolute atomic E-state index is 13.9. The van der Waals surface area contributed by atoms with Gasteiger partial charge in [0.1, 0.15) is 11.5 Å². The Morgan fingerprint density at radius 1 is 0.558 bits per heavy atom. The molecule has 3 aromatic rings.